The number of halogens is 1. The second-order valence-electron chi connectivity index (χ2n) is 9.52. The molecule has 3 aromatic heterocycles. The number of hydrogen-bond donors (Lipinski definition) is 2. The van der Waals surface area contributed by atoms with Crippen molar-refractivity contribution in [2.75, 3.05) is 0 Å². The van der Waals surface area contributed by atoms with E-state index in [0.29, 0.717) is 29.3 Å². The van der Waals surface area contributed by atoms with Crippen LogP contribution >= 0.6 is 0 Å². The molecule has 0 spiro atoms. The topological polar surface area (TPSA) is 115 Å². The predicted molar refractivity (Wildman–Crippen MR) is 135 cm³/mol. The van der Waals surface area contributed by atoms with Gasteiger partial charge in [-0.25, -0.2) is 19.2 Å². The van der Waals surface area contributed by atoms with Crippen molar-refractivity contribution >= 4 is 16.9 Å². The van der Waals surface area contributed by atoms with Gasteiger partial charge in [0.2, 0.25) is 0 Å². The van der Waals surface area contributed by atoms with Crippen LogP contribution in [-0.2, 0) is 13.1 Å². The quantitative estimate of drug-likeness (QED) is 0.410. The van der Waals surface area contributed by atoms with Gasteiger partial charge in [0.05, 0.1) is 16.6 Å². The smallest absolute Gasteiger partial charge is 0.330 e. The molecule has 0 atom stereocenters. The Hall–Kier alpha value is -4.08. The van der Waals surface area contributed by atoms with Crippen molar-refractivity contribution in [1.82, 2.24) is 29.4 Å². The minimum atomic E-state index is -0.672. The molecule has 1 amide bonds. The molecule has 36 heavy (non-hydrogen) atoms. The average Bonchev–Trinajstić information content (AvgIpc) is 3.24. The van der Waals surface area contributed by atoms with Crippen molar-refractivity contribution in [1.29, 1.82) is 0 Å². The lowest BCUT2D eigenvalue weighted by Crippen LogP contribution is -2.34. The first-order valence-corrected chi connectivity index (χ1v) is 11.8. The number of amides is 1. The zero-order chi connectivity index (χ0) is 26.1. The van der Waals surface area contributed by atoms with Gasteiger partial charge in [-0.3, -0.25) is 19.1 Å². The zero-order valence-electron chi connectivity index (χ0n) is 20.9. The minimum absolute atomic E-state index is 0.0450. The molecule has 3 heterocycles. The van der Waals surface area contributed by atoms with Crippen molar-refractivity contribution < 1.29 is 9.18 Å². The summed E-state index contributed by atoms with van der Waals surface area (Å²) < 4.78 is 17.8. The lowest BCUT2D eigenvalue weighted by Gasteiger charge is -2.16. The lowest BCUT2D eigenvalue weighted by molar-refractivity contribution is 0.0952. The van der Waals surface area contributed by atoms with E-state index in [1.807, 2.05) is 27.7 Å². The van der Waals surface area contributed by atoms with Gasteiger partial charge in [-0.1, -0.05) is 33.8 Å². The van der Waals surface area contributed by atoms with Crippen molar-refractivity contribution in [3.05, 3.63) is 86.0 Å². The molecule has 0 saturated carbocycles. The third-order valence-electron chi connectivity index (χ3n) is 5.90. The highest BCUT2D eigenvalue weighted by atomic mass is 19.1. The molecule has 0 aliphatic heterocycles. The van der Waals surface area contributed by atoms with Crippen LogP contribution in [0.25, 0.3) is 16.7 Å². The molecule has 0 fully saturated rings. The summed E-state index contributed by atoms with van der Waals surface area (Å²) in [4.78, 5) is 49.6. The number of carbonyl (C=O) groups is 1. The van der Waals surface area contributed by atoms with E-state index >= 15 is 0 Å². The molecule has 0 radical (unpaired) electrons. The maximum absolute atomic E-state index is 14.8. The van der Waals surface area contributed by atoms with Crippen molar-refractivity contribution in [2.24, 2.45) is 5.92 Å². The third kappa shape index (κ3) is 4.84. The first-order valence-electron chi connectivity index (χ1n) is 11.8. The molecule has 1 aromatic carbocycles. The number of imidazole rings is 1. The number of carbonyl (C=O) groups excluding carboxylic acids is 1. The number of aryl methyl sites for hydroxylation is 1. The largest absolute Gasteiger partial charge is 0.348 e. The fourth-order valence-electron chi connectivity index (χ4n) is 4.07. The van der Waals surface area contributed by atoms with Gasteiger partial charge in [-0.05, 0) is 42.5 Å². The van der Waals surface area contributed by atoms with E-state index in [1.54, 1.807) is 42.1 Å². The Bertz CT molecular complexity index is 1560. The van der Waals surface area contributed by atoms with E-state index < -0.39 is 23.0 Å². The zero-order valence-corrected chi connectivity index (χ0v) is 20.9. The number of hydrogen-bond acceptors (Lipinski definition) is 5. The molecular formula is C26H29FN6O3. The van der Waals surface area contributed by atoms with Crippen LogP contribution in [0.15, 0.2) is 46.2 Å². The molecule has 4 aromatic rings. The monoisotopic (exact) mass is 492 g/mol. The number of aromatic amines is 1. The molecule has 10 heteroatoms. The van der Waals surface area contributed by atoms with Crippen LogP contribution in [0.3, 0.4) is 0 Å². The SMILES string of the molecule is Cc1nccn1-c1ccc(CNC(=O)c2cc(C(C)C)nc3c2c(=O)[nH]c(=O)n3CC(C)C)cc1F. The van der Waals surface area contributed by atoms with Crippen LogP contribution in [-0.4, -0.2) is 30.0 Å². The van der Waals surface area contributed by atoms with Gasteiger partial charge < -0.3 is 9.88 Å². The Balaban J connectivity index is 1.70. The average molecular weight is 493 g/mol. The van der Waals surface area contributed by atoms with Gasteiger partial charge >= 0.3 is 5.69 Å². The van der Waals surface area contributed by atoms with E-state index in [0.717, 1.165) is 0 Å². The molecule has 0 aliphatic carbocycles. The van der Waals surface area contributed by atoms with E-state index in [4.69, 9.17) is 0 Å². The molecule has 2 N–H and O–H groups in total. The lowest BCUT2D eigenvalue weighted by atomic mass is 10.0. The van der Waals surface area contributed by atoms with Crippen LogP contribution in [0.1, 0.15) is 61.1 Å². The number of nitrogens with one attached hydrogen (secondary N) is 2. The van der Waals surface area contributed by atoms with Gasteiger partial charge in [0.1, 0.15) is 11.6 Å². The first-order chi connectivity index (χ1) is 17.1. The maximum atomic E-state index is 14.8. The second-order valence-corrected chi connectivity index (χ2v) is 9.52. The normalized spacial score (nSPS) is 11.6. The van der Waals surface area contributed by atoms with Crippen LogP contribution in [0.2, 0.25) is 0 Å². The Morgan fingerprint density at radius 1 is 1.17 bits per heavy atom. The summed E-state index contributed by atoms with van der Waals surface area (Å²) in [6, 6.07) is 6.27. The Kier molecular flexibility index (Phi) is 6.87. The fourth-order valence-corrected chi connectivity index (χ4v) is 4.07. The number of pyridine rings is 1. The van der Waals surface area contributed by atoms with Gasteiger partial charge in [0, 0.05) is 31.2 Å². The van der Waals surface area contributed by atoms with Crippen LogP contribution < -0.4 is 16.6 Å². The fraction of sp³-hybridized carbons (Fsp3) is 0.346. The number of fused-ring (bicyclic) bond motifs is 1. The van der Waals surface area contributed by atoms with Gasteiger partial charge in [0.15, 0.2) is 5.65 Å². The summed E-state index contributed by atoms with van der Waals surface area (Å²) in [6.07, 6.45) is 3.27. The summed E-state index contributed by atoms with van der Waals surface area (Å²) in [7, 11) is 0. The van der Waals surface area contributed by atoms with E-state index in [9.17, 15) is 18.8 Å². The predicted octanol–water partition coefficient (Wildman–Crippen LogP) is 3.43. The first kappa shape index (κ1) is 25.0. The molecule has 9 nitrogen and oxygen atoms in total. The van der Waals surface area contributed by atoms with E-state index in [-0.39, 0.29) is 35.0 Å². The third-order valence-corrected chi connectivity index (χ3v) is 5.90. The van der Waals surface area contributed by atoms with Crippen molar-refractivity contribution in [3.8, 4) is 5.69 Å². The molecule has 188 valence electrons. The van der Waals surface area contributed by atoms with Gasteiger partial charge in [0.25, 0.3) is 11.5 Å². The van der Waals surface area contributed by atoms with Crippen molar-refractivity contribution in [3.63, 3.8) is 0 Å². The van der Waals surface area contributed by atoms with E-state index in [2.05, 4.69) is 20.3 Å². The van der Waals surface area contributed by atoms with Gasteiger partial charge in [-0.15, -0.1) is 0 Å². The molecule has 4 rings (SSSR count). The Morgan fingerprint density at radius 2 is 1.92 bits per heavy atom. The standard InChI is InChI=1S/C26H29FN6O3/c1-14(2)13-33-23-22(25(35)31-26(33)36)18(11-20(30-23)15(3)4)24(34)29-12-17-6-7-21(19(27)10-17)32-9-8-28-16(32)5/h6-11,14-15H,12-13H2,1-5H3,(H,29,34)(H,31,35,36). The molecule has 0 bridgehead atoms. The molecular weight excluding hydrogens is 463 g/mol. The number of H-pyrrole nitrogens is 1. The highest BCUT2D eigenvalue weighted by Crippen LogP contribution is 2.21. The van der Waals surface area contributed by atoms with Crippen LogP contribution in [0.5, 0.6) is 0 Å². The molecule has 0 aliphatic rings. The summed E-state index contributed by atoms with van der Waals surface area (Å²) >= 11 is 0. The van der Waals surface area contributed by atoms with Gasteiger partial charge in [-0.2, -0.15) is 0 Å². The number of aromatic nitrogens is 5. The van der Waals surface area contributed by atoms with E-state index in [1.165, 1.54) is 10.6 Å². The highest BCUT2D eigenvalue weighted by Gasteiger charge is 2.21. The summed E-state index contributed by atoms with van der Waals surface area (Å²) in [6.45, 7) is 9.89. The summed E-state index contributed by atoms with van der Waals surface area (Å²) in [5, 5.41) is 2.83. The highest BCUT2D eigenvalue weighted by molar-refractivity contribution is 6.05. The van der Waals surface area contributed by atoms with Crippen LogP contribution in [0.4, 0.5) is 4.39 Å². The summed E-state index contributed by atoms with van der Waals surface area (Å²) in [5.41, 5.74) is 0.556. The van der Waals surface area contributed by atoms with Crippen molar-refractivity contribution in [2.45, 2.75) is 53.6 Å². The molecule has 0 unspecified atom stereocenters. The molecule has 0 saturated heterocycles. The number of benzene rings is 1. The maximum Gasteiger partial charge on any atom is 0.330 e. The second kappa shape index (κ2) is 9.88. The Labute approximate surface area is 207 Å². The number of nitrogens with zero attached hydrogens (tertiary/aromatic N) is 4. The number of rotatable bonds is 7. The summed E-state index contributed by atoms with van der Waals surface area (Å²) in [5.74, 6) is -0.242. The Morgan fingerprint density at radius 3 is 2.53 bits per heavy atom. The minimum Gasteiger partial charge on any atom is -0.348 e. The van der Waals surface area contributed by atoms with Crippen LogP contribution in [0, 0.1) is 18.7 Å².